The first-order chi connectivity index (χ1) is 11.8. The Kier molecular flexibility index (Phi) is 4.85. The number of sulfonamides is 1. The van der Waals surface area contributed by atoms with Gasteiger partial charge < -0.3 is 0 Å². The lowest BCUT2D eigenvalue weighted by atomic mass is 10.0. The molecule has 0 unspecified atom stereocenters. The zero-order chi connectivity index (χ0) is 18.2. The summed E-state index contributed by atoms with van der Waals surface area (Å²) in [5.41, 5.74) is 6.18. The second kappa shape index (κ2) is 6.77. The minimum absolute atomic E-state index is 0.429. The fourth-order valence-corrected chi connectivity index (χ4v) is 5.44. The van der Waals surface area contributed by atoms with Crippen LogP contribution >= 0.6 is 0 Å². The molecule has 0 aliphatic carbocycles. The normalized spacial score (nSPS) is 15.9. The highest BCUT2D eigenvalue weighted by molar-refractivity contribution is 7.89. The van der Waals surface area contributed by atoms with Gasteiger partial charge in [-0.25, -0.2) is 8.42 Å². The molecule has 3 nitrogen and oxygen atoms in total. The van der Waals surface area contributed by atoms with Crippen molar-refractivity contribution in [2.45, 2.75) is 39.0 Å². The average molecular weight is 356 g/mol. The van der Waals surface area contributed by atoms with E-state index >= 15 is 0 Å². The molecule has 2 aromatic rings. The molecule has 2 aromatic carbocycles. The van der Waals surface area contributed by atoms with Crippen LogP contribution in [0.1, 0.15) is 34.2 Å². The van der Waals surface area contributed by atoms with Crippen LogP contribution in [0.4, 0.5) is 0 Å². The number of benzene rings is 2. The molecule has 0 saturated heterocycles. The van der Waals surface area contributed by atoms with Crippen LogP contribution in [-0.2, 0) is 10.0 Å². The Morgan fingerprint density at radius 2 is 1.52 bits per heavy atom. The fraction of sp³-hybridized carbons (Fsp3) is 0.333. The van der Waals surface area contributed by atoms with Crippen molar-refractivity contribution >= 4 is 15.6 Å². The fourth-order valence-electron chi connectivity index (χ4n) is 3.48. The van der Waals surface area contributed by atoms with Crippen molar-refractivity contribution in [3.63, 3.8) is 0 Å². The van der Waals surface area contributed by atoms with Gasteiger partial charge in [-0.2, -0.15) is 4.31 Å². The van der Waals surface area contributed by atoms with Gasteiger partial charge in [-0.1, -0.05) is 42.5 Å². The molecular weight excluding hydrogens is 330 g/mol. The van der Waals surface area contributed by atoms with Gasteiger partial charge in [-0.15, -0.1) is 0 Å². The molecule has 0 aromatic heterocycles. The Morgan fingerprint density at radius 1 is 0.920 bits per heavy atom. The Balaban J connectivity index is 1.95. The third-order valence-corrected chi connectivity index (χ3v) is 7.35. The third kappa shape index (κ3) is 3.29. The van der Waals surface area contributed by atoms with Gasteiger partial charge in [-0.3, -0.25) is 0 Å². The van der Waals surface area contributed by atoms with Gasteiger partial charge in [0.05, 0.1) is 4.90 Å². The minimum Gasteiger partial charge on any atom is -0.207 e. The quantitative estimate of drug-likeness (QED) is 0.818. The Morgan fingerprint density at radius 3 is 2.04 bits per heavy atom. The van der Waals surface area contributed by atoms with Crippen LogP contribution in [-0.4, -0.2) is 25.8 Å². The molecule has 0 amide bonds. The van der Waals surface area contributed by atoms with Gasteiger partial charge in [0.2, 0.25) is 10.0 Å². The smallest absolute Gasteiger partial charge is 0.207 e. The van der Waals surface area contributed by atoms with Gasteiger partial charge in [0.25, 0.3) is 0 Å². The van der Waals surface area contributed by atoms with E-state index in [-0.39, 0.29) is 0 Å². The van der Waals surface area contributed by atoms with Crippen LogP contribution in [0.2, 0.25) is 0 Å². The summed E-state index contributed by atoms with van der Waals surface area (Å²) in [4.78, 5) is 0.488. The number of hydrogen-bond acceptors (Lipinski definition) is 2. The van der Waals surface area contributed by atoms with Crippen molar-refractivity contribution in [1.29, 1.82) is 0 Å². The summed E-state index contributed by atoms with van der Waals surface area (Å²) in [6.45, 7) is 8.72. The van der Waals surface area contributed by atoms with Crippen molar-refractivity contribution in [3.8, 4) is 0 Å². The number of rotatable bonds is 3. The predicted octanol–water partition coefficient (Wildman–Crippen LogP) is 4.40. The molecule has 132 valence electrons. The Hall–Kier alpha value is -1.91. The molecule has 4 heteroatoms. The summed E-state index contributed by atoms with van der Waals surface area (Å²) >= 11 is 0. The maximum atomic E-state index is 13.3. The molecule has 25 heavy (non-hydrogen) atoms. The summed E-state index contributed by atoms with van der Waals surface area (Å²) in [5, 5.41) is 0. The van der Waals surface area contributed by atoms with Crippen molar-refractivity contribution in [3.05, 3.63) is 70.3 Å². The lowest BCUT2D eigenvalue weighted by Gasteiger charge is -2.28. The monoisotopic (exact) mass is 355 g/mol. The van der Waals surface area contributed by atoms with E-state index in [0.717, 1.165) is 28.7 Å². The van der Waals surface area contributed by atoms with Crippen LogP contribution < -0.4 is 0 Å². The van der Waals surface area contributed by atoms with Crippen molar-refractivity contribution in [2.24, 2.45) is 0 Å². The summed E-state index contributed by atoms with van der Waals surface area (Å²) in [7, 11) is -3.49. The Labute approximate surface area is 151 Å². The number of aryl methyl sites for hydroxylation is 2. The minimum atomic E-state index is -3.49. The van der Waals surface area contributed by atoms with Gasteiger partial charge in [0, 0.05) is 13.1 Å². The first-order valence-corrected chi connectivity index (χ1v) is 10.1. The molecule has 3 rings (SSSR count). The highest BCUT2D eigenvalue weighted by Crippen LogP contribution is 2.31. The molecule has 0 saturated carbocycles. The molecule has 0 fully saturated rings. The Bertz CT molecular complexity index is 902. The van der Waals surface area contributed by atoms with E-state index in [0.29, 0.717) is 18.0 Å². The molecule has 1 aliphatic rings. The first kappa shape index (κ1) is 17.9. The maximum absolute atomic E-state index is 13.3. The third-order valence-electron chi connectivity index (χ3n) is 5.21. The van der Waals surface area contributed by atoms with Crippen LogP contribution in [0.5, 0.6) is 0 Å². The molecule has 1 heterocycles. The maximum Gasteiger partial charge on any atom is 0.243 e. The second-order valence-corrected chi connectivity index (χ2v) is 8.67. The topological polar surface area (TPSA) is 37.4 Å². The largest absolute Gasteiger partial charge is 0.243 e. The highest BCUT2D eigenvalue weighted by atomic mass is 32.2. The van der Waals surface area contributed by atoms with Crippen LogP contribution in [0.15, 0.2) is 47.4 Å². The van der Waals surface area contributed by atoms with Crippen LogP contribution in [0.25, 0.3) is 5.57 Å². The number of hydrogen-bond donors (Lipinski definition) is 0. The van der Waals surface area contributed by atoms with E-state index in [4.69, 9.17) is 0 Å². The van der Waals surface area contributed by atoms with Gasteiger partial charge in [0.1, 0.15) is 0 Å². The predicted molar refractivity (Wildman–Crippen MR) is 103 cm³/mol. The lowest BCUT2D eigenvalue weighted by Crippen LogP contribution is -2.35. The van der Waals surface area contributed by atoms with E-state index in [1.165, 1.54) is 11.1 Å². The van der Waals surface area contributed by atoms with Gasteiger partial charge in [-0.05, 0) is 67.5 Å². The zero-order valence-corrected chi connectivity index (χ0v) is 16.2. The summed E-state index contributed by atoms with van der Waals surface area (Å²) < 4.78 is 28.2. The van der Waals surface area contributed by atoms with Gasteiger partial charge in [0.15, 0.2) is 0 Å². The van der Waals surface area contributed by atoms with E-state index in [2.05, 4.69) is 18.2 Å². The van der Waals surface area contributed by atoms with Crippen molar-refractivity contribution in [1.82, 2.24) is 4.31 Å². The first-order valence-electron chi connectivity index (χ1n) is 8.64. The van der Waals surface area contributed by atoms with E-state index in [1.54, 1.807) is 4.31 Å². The zero-order valence-electron chi connectivity index (χ0n) is 15.3. The summed E-state index contributed by atoms with van der Waals surface area (Å²) in [6, 6.07) is 12.2. The lowest BCUT2D eigenvalue weighted by molar-refractivity contribution is 0.440. The second-order valence-electron chi connectivity index (χ2n) is 6.80. The standard InChI is InChI=1S/C21H25NO2S/c1-15-14-16(2)18(4)21(17(15)3)25(23,24)22-12-10-20(11-13-22)19-8-6-5-7-9-19/h5-10,14H,11-13H2,1-4H3. The highest BCUT2D eigenvalue weighted by Gasteiger charge is 2.30. The summed E-state index contributed by atoms with van der Waals surface area (Å²) in [5.74, 6) is 0. The molecule has 0 atom stereocenters. The average Bonchev–Trinajstić information content (AvgIpc) is 2.61. The molecule has 0 radical (unpaired) electrons. The number of nitrogens with zero attached hydrogens (tertiary/aromatic N) is 1. The van der Waals surface area contributed by atoms with E-state index in [1.807, 2.05) is 52.0 Å². The van der Waals surface area contributed by atoms with Crippen LogP contribution in [0.3, 0.4) is 0 Å². The van der Waals surface area contributed by atoms with Crippen molar-refractivity contribution < 1.29 is 8.42 Å². The molecule has 0 spiro atoms. The summed E-state index contributed by atoms with van der Waals surface area (Å²) in [6.07, 6.45) is 2.79. The van der Waals surface area contributed by atoms with E-state index < -0.39 is 10.0 Å². The molecular formula is C21H25NO2S. The van der Waals surface area contributed by atoms with Gasteiger partial charge >= 0.3 is 0 Å². The van der Waals surface area contributed by atoms with Crippen molar-refractivity contribution in [2.75, 3.05) is 13.1 Å². The van der Waals surface area contributed by atoms with E-state index in [9.17, 15) is 8.42 Å². The van der Waals surface area contributed by atoms with Crippen LogP contribution in [0, 0.1) is 27.7 Å². The SMILES string of the molecule is Cc1cc(C)c(C)c(S(=O)(=O)N2CC=C(c3ccccc3)CC2)c1C. The molecule has 1 aliphatic heterocycles. The molecule has 0 bridgehead atoms. The molecule has 0 N–H and O–H groups in total.